The third kappa shape index (κ3) is 7.97. The number of rotatable bonds is 12. The van der Waals surface area contributed by atoms with Crippen LogP contribution >= 0.6 is 0 Å². The van der Waals surface area contributed by atoms with Crippen molar-refractivity contribution >= 4 is 17.6 Å². The number of nitrogens with one attached hydrogen (secondary N) is 1. The molecule has 0 bridgehead atoms. The van der Waals surface area contributed by atoms with Crippen molar-refractivity contribution < 1.29 is 28.5 Å². The van der Waals surface area contributed by atoms with Gasteiger partial charge in [-0.05, 0) is 104 Å². The topological polar surface area (TPSA) is 101 Å². The molecule has 9 nitrogen and oxygen atoms in total. The molecule has 6 aromatic rings. The van der Waals surface area contributed by atoms with Gasteiger partial charge in [0.05, 0.1) is 24.6 Å². The van der Waals surface area contributed by atoms with E-state index < -0.39 is 11.9 Å². The lowest BCUT2D eigenvalue weighted by molar-refractivity contribution is 0.0594. The lowest BCUT2D eigenvalue weighted by Crippen LogP contribution is -2.15. The fourth-order valence-corrected chi connectivity index (χ4v) is 5.10. The first-order chi connectivity index (χ1) is 23.9. The fraction of sp³-hybridized carbons (Fsp3) is 0.125. The van der Waals surface area contributed by atoms with Crippen LogP contribution in [0.25, 0.3) is 16.9 Å². The minimum Gasteiger partial charge on any atom is -0.491 e. The van der Waals surface area contributed by atoms with Crippen molar-refractivity contribution in [3.05, 3.63) is 150 Å². The summed E-state index contributed by atoms with van der Waals surface area (Å²) in [5.41, 5.74) is 3.33. The molecule has 0 atom stereocenters. The van der Waals surface area contributed by atoms with Gasteiger partial charge in [-0.3, -0.25) is 4.79 Å². The highest BCUT2D eigenvalue weighted by Crippen LogP contribution is 2.36. The molecule has 1 N–H and O–H groups in total. The average molecular weight is 654 g/mol. The van der Waals surface area contributed by atoms with Gasteiger partial charge in [0.2, 0.25) is 0 Å². The average Bonchev–Trinajstić information content (AvgIpc) is 3.50. The molecule has 0 radical (unpaired) electrons. The molecule has 1 aromatic heterocycles. The van der Waals surface area contributed by atoms with E-state index in [1.54, 1.807) is 28.9 Å². The lowest BCUT2D eigenvalue weighted by atomic mass is 10.1. The maximum Gasteiger partial charge on any atom is 0.360 e. The van der Waals surface area contributed by atoms with E-state index in [1.807, 2.05) is 123 Å². The minimum absolute atomic E-state index is 0.00946. The Labute approximate surface area is 284 Å². The van der Waals surface area contributed by atoms with Gasteiger partial charge in [0, 0.05) is 11.1 Å². The molecule has 0 aliphatic rings. The number of carbonyl (C=O) groups is 2. The molecule has 49 heavy (non-hydrogen) atoms. The Kier molecular flexibility index (Phi) is 10.0. The number of ether oxygens (including phenoxy) is 4. The smallest absolute Gasteiger partial charge is 0.360 e. The first-order valence-corrected chi connectivity index (χ1v) is 15.8. The molecule has 0 unspecified atom stereocenters. The van der Waals surface area contributed by atoms with E-state index in [1.165, 1.54) is 7.11 Å². The third-order valence-electron chi connectivity index (χ3n) is 7.43. The second kappa shape index (κ2) is 15.0. The van der Waals surface area contributed by atoms with Crippen molar-refractivity contribution in [2.24, 2.45) is 0 Å². The Morgan fingerprint density at radius 2 is 1.31 bits per heavy atom. The van der Waals surface area contributed by atoms with Crippen molar-refractivity contribution in [1.82, 2.24) is 9.78 Å². The number of aromatic nitrogens is 2. The molecule has 0 saturated heterocycles. The molecule has 0 aliphatic carbocycles. The molecule has 246 valence electrons. The number of methoxy groups -OCH3 is 1. The number of benzene rings is 5. The first-order valence-electron chi connectivity index (χ1n) is 15.8. The van der Waals surface area contributed by atoms with Crippen LogP contribution in [0.1, 0.15) is 40.3 Å². The number of hydrogen-bond acceptors (Lipinski definition) is 7. The van der Waals surface area contributed by atoms with Gasteiger partial charge in [0.1, 0.15) is 35.3 Å². The maximum absolute atomic E-state index is 13.7. The molecule has 0 spiro atoms. The number of nitrogens with zero attached hydrogens (tertiary/aromatic N) is 2. The van der Waals surface area contributed by atoms with Gasteiger partial charge in [-0.1, -0.05) is 48.5 Å². The van der Waals surface area contributed by atoms with Crippen molar-refractivity contribution in [2.45, 2.75) is 26.6 Å². The third-order valence-corrected chi connectivity index (χ3v) is 7.43. The molecule has 0 aliphatic heterocycles. The quantitative estimate of drug-likeness (QED) is 0.132. The molecular formula is C40H35N3O6. The van der Waals surface area contributed by atoms with E-state index >= 15 is 0 Å². The molecule has 0 saturated carbocycles. The molecule has 1 heterocycles. The summed E-state index contributed by atoms with van der Waals surface area (Å²) in [5, 5.41) is 7.61. The summed E-state index contributed by atoms with van der Waals surface area (Å²) in [6, 6.07) is 40.8. The second-order valence-corrected chi connectivity index (χ2v) is 11.3. The number of esters is 1. The molecular weight excluding hydrogens is 618 g/mol. The highest BCUT2D eigenvalue weighted by atomic mass is 16.5. The van der Waals surface area contributed by atoms with Crippen LogP contribution in [-0.2, 0) is 11.3 Å². The van der Waals surface area contributed by atoms with Crippen molar-refractivity contribution in [1.29, 1.82) is 0 Å². The van der Waals surface area contributed by atoms with Crippen LogP contribution in [0, 0.1) is 0 Å². The Morgan fingerprint density at radius 3 is 1.94 bits per heavy atom. The van der Waals surface area contributed by atoms with Gasteiger partial charge in [-0.15, -0.1) is 0 Å². The molecule has 9 heteroatoms. The zero-order valence-corrected chi connectivity index (χ0v) is 27.3. The molecule has 5 aromatic carbocycles. The summed E-state index contributed by atoms with van der Waals surface area (Å²) in [5.74, 6) is 1.48. The van der Waals surface area contributed by atoms with Gasteiger partial charge < -0.3 is 24.3 Å². The van der Waals surface area contributed by atoms with E-state index in [-0.39, 0.29) is 17.5 Å². The van der Waals surface area contributed by atoms with Gasteiger partial charge in [-0.2, -0.15) is 5.10 Å². The first kappa shape index (κ1) is 32.6. The Hall–Kier alpha value is -6.35. The molecule has 0 fully saturated rings. The number of para-hydroxylation sites is 1. The summed E-state index contributed by atoms with van der Waals surface area (Å²) < 4.78 is 24.4. The second-order valence-electron chi connectivity index (χ2n) is 11.3. The number of hydrogen-bond donors (Lipinski definition) is 1. The van der Waals surface area contributed by atoms with Crippen LogP contribution in [0.3, 0.4) is 0 Å². The standard InChI is InChI=1S/C40H35N3O6/c1-27(2)48-34-22-16-30(17-23-34)39(44)41-36-37(40(45)46-3)42-43(31-18-24-35(25-19-31)49-33-12-8-5-9-13-33)38(36)29-14-20-32(21-15-29)47-26-28-10-6-4-7-11-28/h4-25,27H,26H2,1-3H3,(H,41,44). The summed E-state index contributed by atoms with van der Waals surface area (Å²) in [7, 11) is 1.27. The van der Waals surface area contributed by atoms with Crippen LogP contribution in [0.2, 0.25) is 0 Å². The normalized spacial score (nSPS) is 10.8. The maximum atomic E-state index is 13.7. The number of carbonyl (C=O) groups excluding carboxylic acids is 2. The van der Waals surface area contributed by atoms with Crippen molar-refractivity contribution in [3.63, 3.8) is 0 Å². The largest absolute Gasteiger partial charge is 0.491 e. The van der Waals surface area contributed by atoms with E-state index in [2.05, 4.69) is 10.4 Å². The Balaban J connectivity index is 1.38. The van der Waals surface area contributed by atoms with E-state index in [0.717, 1.165) is 5.56 Å². The van der Waals surface area contributed by atoms with Crippen LogP contribution < -0.4 is 19.5 Å². The Morgan fingerprint density at radius 1 is 0.714 bits per heavy atom. The van der Waals surface area contributed by atoms with Gasteiger partial charge in [0.15, 0.2) is 5.69 Å². The summed E-state index contributed by atoms with van der Waals surface area (Å²) >= 11 is 0. The molecule has 6 rings (SSSR count). The van der Waals surface area contributed by atoms with E-state index in [9.17, 15) is 9.59 Å². The SMILES string of the molecule is COC(=O)c1nn(-c2ccc(Oc3ccccc3)cc2)c(-c2ccc(OCc3ccccc3)cc2)c1NC(=O)c1ccc(OC(C)C)cc1. The van der Waals surface area contributed by atoms with Gasteiger partial charge in [-0.25, -0.2) is 9.48 Å². The van der Waals surface area contributed by atoms with Crippen LogP contribution in [0.4, 0.5) is 5.69 Å². The van der Waals surface area contributed by atoms with Crippen LogP contribution in [-0.4, -0.2) is 34.9 Å². The Bertz CT molecular complexity index is 2010. The zero-order chi connectivity index (χ0) is 34.2. The van der Waals surface area contributed by atoms with Crippen LogP contribution in [0.5, 0.6) is 23.0 Å². The zero-order valence-electron chi connectivity index (χ0n) is 27.3. The summed E-state index contributed by atoms with van der Waals surface area (Å²) in [6.45, 7) is 4.27. The number of amides is 1. The minimum atomic E-state index is -0.706. The monoisotopic (exact) mass is 653 g/mol. The van der Waals surface area contributed by atoms with Gasteiger partial charge >= 0.3 is 5.97 Å². The predicted molar refractivity (Wildman–Crippen MR) is 188 cm³/mol. The highest BCUT2D eigenvalue weighted by molar-refractivity contribution is 6.10. The summed E-state index contributed by atoms with van der Waals surface area (Å²) in [6.07, 6.45) is -0.00946. The van der Waals surface area contributed by atoms with Gasteiger partial charge in [0.25, 0.3) is 5.91 Å². The predicted octanol–water partition coefficient (Wildman–Crippen LogP) is 8.74. The lowest BCUT2D eigenvalue weighted by Gasteiger charge is -2.13. The molecule has 1 amide bonds. The number of anilines is 1. The highest BCUT2D eigenvalue weighted by Gasteiger charge is 2.27. The summed E-state index contributed by atoms with van der Waals surface area (Å²) in [4.78, 5) is 26.8. The van der Waals surface area contributed by atoms with Crippen molar-refractivity contribution in [2.75, 3.05) is 12.4 Å². The van der Waals surface area contributed by atoms with Crippen LogP contribution in [0.15, 0.2) is 133 Å². The van der Waals surface area contributed by atoms with E-state index in [4.69, 9.17) is 18.9 Å². The van der Waals surface area contributed by atoms with E-state index in [0.29, 0.717) is 52.1 Å². The fourth-order valence-electron chi connectivity index (χ4n) is 5.10. The van der Waals surface area contributed by atoms with Crippen molar-refractivity contribution in [3.8, 4) is 39.9 Å².